The Balaban J connectivity index is 0.000000244. The number of rotatable bonds is 8. The van der Waals surface area contributed by atoms with Crippen LogP contribution in [0.3, 0.4) is 0 Å². The lowest BCUT2D eigenvalue weighted by atomic mass is 9.98. The summed E-state index contributed by atoms with van der Waals surface area (Å²) in [6.07, 6.45) is 6.41. The van der Waals surface area contributed by atoms with Gasteiger partial charge in [0, 0.05) is 25.0 Å². The van der Waals surface area contributed by atoms with E-state index in [2.05, 4.69) is 36.3 Å². The molecule has 0 radical (unpaired) electrons. The third kappa shape index (κ3) is 6.55. The molecular weight excluding hydrogens is 422 g/mol. The highest BCUT2D eigenvalue weighted by atomic mass is 35.5. The van der Waals surface area contributed by atoms with Gasteiger partial charge in [-0.3, -0.25) is 14.6 Å². The Kier molecular flexibility index (Phi) is 10.2. The van der Waals surface area contributed by atoms with Crippen LogP contribution in [0.4, 0.5) is 5.69 Å². The van der Waals surface area contributed by atoms with Gasteiger partial charge in [0.05, 0.1) is 22.2 Å². The zero-order chi connectivity index (χ0) is 23.7. The fraction of sp³-hybridized carbons (Fsp3) is 0.500. The minimum Gasteiger partial charge on any atom is -0.352 e. The Bertz CT molecular complexity index is 916. The topological polar surface area (TPSA) is 62.3 Å². The van der Waals surface area contributed by atoms with E-state index >= 15 is 0 Å². The largest absolute Gasteiger partial charge is 0.352 e. The molecule has 2 atom stereocenters. The minimum absolute atomic E-state index is 0.0277. The number of para-hydroxylation sites is 1. The smallest absolute Gasteiger partial charge is 0.253 e. The van der Waals surface area contributed by atoms with Gasteiger partial charge in [0.15, 0.2) is 0 Å². The third-order valence-electron chi connectivity index (χ3n) is 5.95. The Morgan fingerprint density at radius 3 is 2.62 bits per heavy atom. The van der Waals surface area contributed by atoms with Gasteiger partial charge in [-0.05, 0) is 50.8 Å². The second-order valence-corrected chi connectivity index (χ2v) is 8.73. The highest BCUT2D eigenvalue weighted by Gasteiger charge is 2.34. The summed E-state index contributed by atoms with van der Waals surface area (Å²) < 4.78 is 0. The van der Waals surface area contributed by atoms with Gasteiger partial charge in [0.2, 0.25) is 5.91 Å². The van der Waals surface area contributed by atoms with Crippen LogP contribution < -0.4 is 10.2 Å². The molecule has 3 rings (SSSR count). The first-order chi connectivity index (χ1) is 15.3. The van der Waals surface area contributed by atoms with Crippen LogP contribution in [-0.2, 0) is 4.79 Å². The van der Waals surface area contributed by atoms with Gasteiger partial charge in [-0.25, -0.2) is 0 Å². The van der Waals surface area contributed by atoms with Crippen molar-refractivity contribution in [2.45, 2.75) is 66.2 Å². The van der Waals surface area contributed by atoms with Crippen molar-refractivity contribution in [2.24, 2.45) is 5.92 Å². The van der Waals surface area contributed by atoms with Gasteiger partial charge in [0.1, 0.15) is 0 Å². The molecule has 0 aliphatic carbocycles. The molecule has 1 aromatic heterocycles. The molecule has 0 saturated heterocycles. The molecule has 5 nitrogen and oxygen atoms in total. The number of hydrogen-bond donors (Lipinski definition) is 1. The summed E-state index contributed by atoms with van der Waals surface area (Å²) in [4.78, 5) is 29.8. The monoisotopic (exact) mass is 457 g/mol. The van der Waals surface area contributed by atoms with E-state index in [-0.39, 0.29) is 17.7 Å². The van der Waals surface area contributed by atoms with E-state index in [0.29, 0.717) is 28.7 Å². The van der Waals surface area contributed by atoms with Crippen molar-refractivity contribution < 1.29 is 9.59 Å². The molecule has 1 aliphatic heterocycles. The summed E-state index contributed by atoms with van der Waals surface area (Å²) in [5, 5.41) is 3.17. The number of nitrogens with one attached hydrogen (secondary N) is 1. The molecule has 2 heterocycles. The van der Waals surface area contributed by atoms with Crippen LogP contribution in [0.25, 0.3) is 0 Å². The number of pyridine rings is 1. The number of aromatic nitrogens is 1. The number of benzene rings is 1. The lowest BCUT2D eigenvalue weighted by molar-refractivity contribution is -0.119. The number of unbranched alkanes of at least 4 members (excludes halogenated alkanes) is 1. The standard InChI is InChI=1S/C17H25NO.C9H11ClN2O/c1-4-6-9-14(5-2)12-18-16-11-8-7-10-15(16)13(3)17(18)19;1-3-11-9(13)8-4-7(10)5-12-6(8)2/h7-8,10-11,13-14H,4-6,9,12H2,1-3H3;4-5H,3H2,1-2H3,(H,11,13). The molecule has 2 aromatic rings. The van der Waals surface area contributed by atoms with Crippen molar-refractivity contribution in [3.05, 3.63) is 58.4 Å². The second kappa shape index (κ2) is 12.6. The highest BCUT2D eigenvalue weighted by molar-refractivity contribution is 6.30. The predicted molar refractivity (Wildman–Crippen MR) is 133 cm³/mol. The minimum atomic E-state index is -0.130. The van der Waals surface area contributed by atoms with Gasteiger partial charge in [-0.15, -0.1) is 0 Å². The van der Waals surface area contributed by atoms with Crippen molar-refractivity contribution in [3.63, 3.8) is 0 Å². The van der Waals surface area contributed by atoms with E-state index in [1.54, 1.807) is 13.0 Å². The molecule has 0 spiro atoms. The summed E-state index contributed by atoms with van der Waals surface area (Å²) in [7, 11) is 0. The molecule has 2 amide bonds. The third-order valence-corrected chi connectivity index (χ3v) is 6.16. The molecule has 0 fully saturated rings. The summed E-state index contributed by atoms with van der Waals surface area (Å²) >= 11 is 5.72. The van der Waals surface area contributed by atoms with E-state index in [1.807, 2.05) is 30.9 Å². The van der Waals surface area contributed by atoms with E-state index in [4.69, 9.17) is 11.6 Å². The van der Waals surface area contributed by atoms with Gasteiger partial charge < -0.3 is 10.2 Å². The average molecular weight is 458 g/mol. The van der Waals surface area contributed by atoms with Gasteiger partial charge in [-0.2, -0.15) is 0 Å². The first-order valence-corrected chi connectivity index (χ1v) is 12.0. The maximum Gasteiger partial charge on any atom is 0.253 e. The van der Waals surface area contributed by atoms with Crippen LogP contribution in [-0.4, -0.2) is 29.9 Å². The molecule has 2 unspecified atom stereocenters. The maximum absolute atomic E-state index is 12.4. The Hall–Kier alpha value is -2.40. The summed E-state index contributed by atoms with van der Waals surface area (Å²) in [6.45, 7) is 11.6. The molecule has 1 aliphatic rings. The zero-order valence-corrected chi connectivity index (χ0v) is 20.7. The number of anilines is 1. The van der Waals surface area contributed by atoms with Crippen LogP contribution in [0, 0.1) is 12.8 Å². The number of halogens is 1. The second-order valence-electron chi connectivity index (χ2n) is 8.29. The number of nitrogens with zero attached hydrogens (tertiary/aromatic N) is 2. The van der Waals surface area contributed by atoms with E-state index < -0.39 is 0 Å². The lowest BCUT2D eigenvalue weighted by Crippen LogP contribution is -2.33. The molecular formula is C26H36ClN3O2. The van der Waals surface area contributed by atoms with Crippen LogP contribution >= 0.6 is 11.6 Å². The van der Waals surface area contributed by atoms with Crippen LogP contribution in [0.15, 0.2) is 36.5 Å². The normalized spacial score (nSPS) is 15.6. The van der Waals surface area contributed by atoms with Crippen molar-refractivity contribution in [1.82, 2.24) is 10.3 Å². The summed E-state index contributed by atoms with van der Waals surface area (Å²) in [5.41, 5.74) is 3.55. The molecule has 1 aromatic carbocycles. The van der Waals surface area contributed by atoms with Crippen molar-refractivity contribution in [2.75, 3.05) is 18.0 Å². The zero-order valence-electron chi connectivity index (χ0n) is 20.0. The number of aryl methyl sites for hydroxylation is 1. The molecule has 1 N–H and O–H groups in total. The lowest BCUT2D eigenvalue weighted by Gasteiger charge is -2.24. The van der Waals surface area contributed by atoms with Crippen molar-refractivity contribution in [3.8, 4) is 0 Å². The Morgan fingerprint density at radius 1 is 1.25 bits per heavy atom. The van der Waals surface area contributed by atoms with Gasteiger partial charge in [-0.1, -0.05) is 62.9 Å². The average Bonchev–Trinajstić information content (AvgIpc) is 3.03. The molecule has 6 heteroatoms. The van der Waals surface area contributed by atoms with Crippen LogP contribution in [0.1, 0.15) is 80.9 Å². The fourth-order valence-electron chi connectivity index (χ4n) is 3.94. The highest BCUT2D eigenvalue weighted by Crippen LogP contribution is 2.37. The first-order valence-electron chi connectivity index (χ1n) is 11.6. The van der Waals surface area contributed by atoms with Crippen molar-refractivity contribution in [1.29, 1.82) is 0 Å². The molecule has 0 bridgehead atoms. The SMILES string of the molecule is CCCCC(CC)CN1C(=O)C(C)c2ccccc21.CCNC(=O)c1cc(Cl)cnc1C. The number of hydrogen-bond acceptors (Lipinski definition) is 3. The Morgan fingerprint density at radius 2 is 1.97 bits per heavy atom. The van der Waals surface area contributed by atoms with Crippen LogP contribution in [0.2, 0.25) is 5.02 Å². The van der Waals surface area contributed by atoms with E-state index in [0.717, 1.165) is 18.7 Å². The summed E-state index contributed by atoms with van der Waals surface area (Å²) in [6, 6.07) is 9.85. The number of amides is 2. The first kappa shape index (κ1) is 25.9. The number of fused-ring (bicyclic) bond motifs is 1. The molecule has 0 saturated carbocycles. The van der Waals surface area contributed by atoms with E-state index in [9.17, 15) is 9.59 Å². The quantitative estimate of drug-likeness (QED) is 0.517. The van der Waals surface area contributed by atoms with E-state index in [1.165, 1.54) is 31.0 Å². The maximum atomic E-state index is 12.4. The molecule has 32 heavy (non-hydrogen) atoms. The van der Waals surface area contributed by atoms with Crippen molar-refractivity contribution >= 4 is 29.1 Å². The number of carbonyl (C=O) groups excluding carboxylic acids is 2. The summed E-state index contributed by atoms with van der Waals surface area (Å²) in [5.74, 6) is 0.799. The molecule has 174 valence electrons. The Labute approximate surface area is 197 Å². The van der Waals surface area contributed by atoms with Crippen LogP contribution in [0.5, 0.6) is 0 Å². The van der Waals surface area contributed by atoms with Gasteiger partial charge >= 0.3 is 0 Å². The predicted octanol–water partition coefficient (Wildman–Crippen LogP) is 6.15. The number of carbonyl (C=O) groups is 2. The van der Waals surface area contributed by atoms with Gasteiger partial charge in [0.25, 0.3) is 5.91 Å². The fourth-order valence-corrected chi connectivity index (χ4v) is 4.10.